The molecule has 0 aliphatic heterocycles. The van der Waals surface area contributed by atoms with Crippen molar-refractivity contribution in [1.82, 2.24) is 14.2 Å². The second kappa shape index (κ2) is 2.94. The van der Waals surface area contributed by atoms with Gasteiger partial charge in [-0.05, 0) is 0 Å². The van der Waals surface area contributed by atoms with E-state index >= 15 is 0 Å². The van der Waals surface area contributed by atoms with Gasteiger partial charge in [-0.15, -0.1) is 0 Å². The van der Waals surface area contributed by atoms with E-state index in [9.17, 15) is 0 Å². The molecule has 0 fully saturated rings. The van der Waals surface area contributed by atoms with Crippen molar-refractivity contribution in [2.24, 2.45) is 0 Å². The van der Waals surface area contributed by atoms with Gasteiger partial charge in [0.2, 0.25) is 0 Å². The molecule has 0 aliphatic carbocycles. The molecule has 0 atom stereocenters. The van der Waals surface area contributed by atoms with Gasteiger partial charge in [-0.3, -0.25) is 0 Å². The monoisotopic (exact) mass is 211 g/mol. The van der Waals surface area contributed by atoms with Crippen LogP contribution in [0.2, 0.25) is 0 Å². The number of rotatable bonds is 1. The molecule has 0 saturated carbocycles. The molecule has 11 heavy (non-hydrogen) atoms. The summed E-state index contributed by atoms with van der Waals surface area (Å²) in [5.74, 6) is 0. The molecule has 0 aliphatic rings. The summed E-state index contributed by atoms with van der Waals surface area (Å²) in [4.78, 5) is 6.04. The van der Waals surface area contributed by atoms with Crippen molar-refractivity contribution in [3.63, 3.8) is 0 Å². The number of hydrogen-bond donors (Lipinski definition) is 0. The summed E-state index contributed by atoms with van der Waals surface area (Å²) in [6, 6.07) is 3.89. The van der Waals surface area contributed by atoms with Crippen LogP contribution in [0.1, 0.15) is 0 Å². The van der Waals surface area contributed by atoms with Crippen LogP contribution in [0.25, 0.3) is 11.3 Å². The molecule has 0 N–H and O–H groups in total. The van der Waals surface area contributed by atoms with Gasteiger partial charge >= 0.3 is 69.6 Å². The Kier molecular flexibility index (Phi) is 1.79. The third kappa shape index (κ3) is 1.36. The van der Waals surface area contributed by atoms with Crippen LogP contribution in [0.5, 0.6) is 0 Å². The van der Waals surface area contributed by atoms with Gasteiger partial charge < -0.3 is 0 Å². The first-order valence-corrected chi connectivity index (χ1v) is 4.90. The summed E-state index contributed by atoms with van der Waals surface area (Å²) < 4.78 is 3.91. The predicted octanol–water partition coefficient (Wildman–Crippen LogP) is 0.596. The fourth-order valence-corrected chi connectivity index (χ4v) is 1.78. The molecule has 0 amide bonds. The van der Waals surface area contributed by atoms with E-state index in [-0.39, 0.29) is 14.7 Å². The number of hydrogen-bond acceptors (Lipinski definition) is 3. The van der Waals surface area contributed by atoms with Crippen molar-refractivity contribution in [2.75, 3.05) is 0 Å². The molecule has 0 spiro atoms. The molecular formula is C7H5N3Se. The maximum atomic E-state index is 3.99. The summed E-state index contributed by atoms with van der Waals surface area (Å²) in [6.45, 7) is 0. The number of nitrogens with zero attached hydrogens (tertiary/aromatic N) is 3. The first-order chi connectivity index (χ1) is 5.47. The van der Waals surface area contributed by atoms with E-state index in [1.165, 1.54) is 0 Å². The van der Waals surface area contributed by atoms with E-state index in [0.717, 1.165) is 11.3 Å². The fourth-order valence-electron chi connectivity index (χ4n) is 0.805. The van der Waals surface area contributed by atoms with E-state index in [4.69, 9.17) is 0 Å². The average Bonchev–Trinajstić information content (AvgIpc) is 2.58. The van der Waals surface area contributed by atoms with Crippen LogP contribution in [0.3, 0.4) is 0 Å². The van der Waals surface area contributed by atoms with Gasteiger partial charge in [0.1, 0.15) is 0 Å². The Morgan fingerprint density at radius 1 is 1.36 bits per heavy atom. The maximum absolute atomic E-state index is 3.99. The standard InChI is InChI=1S/C7H5N3Se/c1-2-6(4-8-3-1)7-5-11-10-9-7/h1-5H. The Morgan fingerprint density at radius 2 is 2.36 bits per heavy atom. The third-order valence-electron chi connectivity index (χ3n) is 1.32. The molecule has 0 unspecified atom stereocenters. The normalized spacial score (nSPS) is 9.82. The summed E-state index contributed by atoms with van der Waals surface area (Å²) in [5.41, 5.74) is 2.01. The first kappa shape index (κ1) is 6.70. The van der Waals surface area contributed by atoms with Crippen LogP contribution in [0, 0.1) is 0 Å². The predicted molar refractivity (Wildman–Crippen MR) is 42.2 cm³/mol. The molecule has 54 valence electrons. The van der Waals surface area contributed by atoms with Crippen molar-refractivity contribution in [3.05, 3.63) is 29.5 Å². The van der Waals surface area contributed by atoms with Gasteiger partial charge in [0.05, 0.1) is 0 Å². The first-order valence-electron chi connectivity index (χ1n) is 3.14. The summed E-state index contributed by atoms with van der Waals surface area (Å²) in [7, 11) is 0. The van der Waals surface area contributed by atoms with Crippen molar-refractivity contribution < 1.29 is 0 Å². The minimum atomic E-state index is 0.213. The second-order valence-corrected chi connectivity index (χ2v) is 3.31. The van der Waals surface area contributed by atoms with Gasteiger partial charge in [0.25, 0.3) is 0 Å². The van der Waals surface area contributed by atoms with Crippen LogP contribution >= 0.6 is 0 Å². The van der Waals surface area contributed by atoms with Crippen molar-refractivity contribution in [3.8, 4) is 11.3 Å². The van der Waals surface area contributed by atoms with Crippen LogP contribution in [0.4, 0.5) is 0 Å². The molecule has 0 bridgehead atoms. The zero-order chi connectivity index (χ0) is 7.52. The fraction of sp³-hybridized carbons (Fsp3) is 0. The third-order valence-corrected chi connectivity index (χ3v) is 2.38. The Labute approximate surface area is 70.1 Å². The Hall–Kier alpha value is -0.991. The van der Waals surface area contributed by atoms with Gasteiger partial charge in [0, 0.05) is 0 Å². The number of aromatic nitrogens is 3. The molecule has 4 heteroatoms. The molecule has 3 nitrogen and oxygen atoms in total. The molecule has 2 heterocycles. The second-order valence-electron chi connectivity index (χ2n) is 2.03. The van der Waals surface area contributed by atoms with Crippen LogP contribution in [0.15, 0.2) is 29.5 Å². The molecule has 2 aromatic heterocycles. The van der Waals surface area contributed by atoms with Gasteiger partial charge in [-0.1, -0.05) is 0 Å². The Bertz CT molecular complexity index is 317. The van der Waals surface area contributed by atoms with Crippen LogP contribution in [-0.4, -0.2) is 28.9 Å². The van der Waals surface area contributed by atoms with Gasteiger partial charge in [-0.2, -0.15) is 0 Å². The van der Waals surface area contributed by atoms with Gasteiger partial charge in [0.15, 0.2) is 0 Å². The van der Waals surface area contributed by atoms with Gasteiger partial charge in [-0.25, -0.2) is 0 Å². The van der Waals surface area contributed by atoms with Crippen molar-refractivity contribution in [2.45, 2.75) is 0 Å². The Morgan fingerprint density at radius 3 is 3.00 bits per heavy atom. The molecule has 2 aromatic rings. The molecular weight excluding hydrogens is 205 g/mol. The van der Waals surface area contributed by atoms with E-state index in [1.54, 1.807) is 12.4 Å². The average molecular weight is 210 g/mol. The van der Waals surface area contributed by atoms with E-state index in [0.29, 0.717) is 0 Å². The molecule has 0 saturated heterocycles. The topological polar surface area (TPSA) is 38.7 Å². The molecule has 2 rings (SSSR count). The van der Waals surface area contributed by atoms with Crippen LogP contribution in [-0.2, 0) is 0 Å². The van der Waals surface area contributed by atoms with Crippen LogP contribution < -0.4 is 0 Å². The summed E-state index contributed by atoms with van der Waals surface area (Å²) in [6.07, 6.45) is 3.55. The Balaban J connectivity index is 2.46. The zero-order valence-corrected chi connectivity index (χ0v) is 7.35. The van der Waals surface area contributed by atoms with Crippen molar-refractivity contribution in [1.29, 1.82) is 0 Å². The van der Waals surface area contributed by atoms with Crippen molar-refractivity contribution >= 4 is 14.7 Å². The molecule has 0 radical (unpaired) electrons. The van der Waals surface area contributed by atoms with E-state index in [1.807, 2.05) is 17.1 Å². The number of pyridine rings is 1. The zero-order valence-electron chi connectivity index (χ0n) is 5.64. The molecule has 0 aromatic carbocycles. The quantitative estimate of drug-likeness (QED) is 0.647. The minimum absolute atomic E-state index is 0.213. The SMILES string of the molecule is c1cncc(-c2c[se]nn2)c1. The van der Waals surface area contributed by atoms with E-state index < -0.39 is 0 Å². The summed E-state index contributed by atoms with van der Waals surface area (Å²) >= 11 is 0.213. The van der Waals surface area contributed by atoms with E-state index in [2.05, 4.69) is 14.2 Å². The summed E-state index contributed by atoms with van der Waals surface area (Å²) in [5, 5.41) is 3.98.